The molecule has 4 heteroatoms. The van der Waals surface area contributed by atoms with Gasteiger partial charge in [-0.05, 0) is 53.1 Å². The molecule has 19 heavy (non-hydrogen) atoms. The third-order valence-corrected chi connectivity index (χ3v) is 5.55. The smallest absolute Gasteiger partial charge is 0.147 e. The van der Waals surface area contributed by atoms with Crippen molar-refractivity contribution < 1.29 is 4.39 Å². The van der Waals surface area contributed by atoms with Gasteiger partial charge in [-0.2, -0.15) is 0 Å². The van der Waals surface area contributed by atoms with E-state index in [1.54, 1.807) is 12.1 Å². The summed E-state index contributed by atoms with van der Waals surface area (Å²) in [5, 5.41) is 0.130. The maximum absolute atomic E-state index is 14.4. The average Bonchev–Trinajstić information content (AvgIpc) is 2.46. The van der Waals surface area contributed by atoms with Crippen LogP contribution >= 0.6 is 27.5 Å². The minimum absolute atomic E-state index is 0.130. The Morgan fingerprint density at radius 3 is 2.58 bits per heavy atom. The second-order valence-electron chi connectivity index (χ2n) is 6.40. The van der Waals surface area contributed by atoms with E-state index >= 15 is 0 Å². The zero-order valence-electron chi connectivity index (χ0n) is 11.4. The van der Waals surface area contributed by atoms with Gasteiger partial charge >= 0.3 is 0 Å². The lowest BCUT2D eigenvalue weighted by Gasteiger charge is -2.30. The first-order chi connectivity index (χ1) is 8.75. The first kappa shape index (κ1) is 15.3. The molecule has 0 radical (unpaired) electrons. The normalized spacial score (nSPS) is 27.1. The van der Waals surface area contributed by atoms with Crippen molar-refractivity contribution in [2.24, 2.45) is 11.1 Å². The first-order valence-electron chi connectivity index (χ1n) is 6.68. The molecule has 0 bridgehead atoms. The van der Waals surface area contributed by atoms with E-state index < -0.39 is 5.54 Å². The van der Waals surface area contributed by atoms with Crippen molar-refractivity contribution in [3.05, 3.63) is 33.0 Å². The molecule has 1 atom stereocenters. The van der Waals surface area contributed by atoms with E-state index in [2.05, 4.69) is 29.8 Å². The van der Waals surface area contributed by atoms with Crippen LogP contribution in [0, 0.1) is 11.2 Å². The number of benzene rings is 1. The summed E-state index contributed by atoms with van der Waals surface area (Å²) in [6, 6.07) is 3.55. The number of hydrogen-bond donors (Lipinski definition) is 1. The Morgan fingerprint density at radius 2 is 1.89 bits per heavy atom. The van der Waals surface area contributed by atoms with Crippen LogP contribution in [0.4, 0.5) is 4.39 Å². The average molecular weight is 349 g/mol. The van der Waals surface area contributed by atoms with Gasteiger partial charge < -0.3 is 5.73 Å². The van der Waals surface area contributed by atoms with Gasteiger partial charge in [-0.15, -0.1) is 0 Å². The Labute approximate surface area is 127 Å². The molecular weight excluding hydrogens is 329 g/mol. The highest BCUT2D eigenvalue weighted by Crippen LogP contribution is 2.43. The van der Waals surface area contributed by atoms with E-state index in [0.717, 1.165) is 32.1 Å². The molecule has 1 aliphatic rings. The number of halogens is 3. The van der Waals surface area contributed by atoms with Crippen LogP contribution in [0.3, 0.4) is 0 Å². The van der Waals surface area contributed by atoms with Crippen molar-refractivity contribution in [1.82, 2.24) is 0 Å². The Bertz CT molecular complexity index is 489. The van der Waals surface area contributed by atoms with Crippen LogP contribution < -0.4 is 5.73 Å². The van der Waals surface area contributed by atoms with Gasteiger partial charge in [0.25, 0.3) is 0 Å². The summed E-state index contributed by atoms with van der Waals surface area (Å²) in [5.41, 5.74) is 6.75. The van der Waals surface area contributed by atoms with Crippen molar-refractivity contribution in [1.29, 1.82) is 0 Å². The third kappa shape index (κ3) is 3.14. The second-order valence-corrected chi connectivity index (χ2v) is 7.63. The lowest BCUT2D eigenvalue weighted by atomic mass is 9.81. The number of nitrogens with two attached hydrogens (primary N) is 1. The van der Waals surface area contributed by atoms with E-state index in [-0.39, 0.29) is 16.3 Å². The predicted molar refractivity (Wildman–Crippen MR) is 81.8 cm³/mol. The fraction of sp³-hybridized carbons (Fsp3) is 0.600. The molecule has 1 fully saturated rings. The molecule has 2 N–H and O–H groups in total. The van der Waals surface area contributed by atoms with Gasteiger partial charge in [-0.3, -0.25) is 0 Å². The zero-order chi connectivity index (χ0) is 14.3. The Kier molecular flexibility index (Phi) is 4.29. The first-order valence-corrected chi connectivity index (χ1v) is 7.85. The maximum atomic E-state index is 14.4. The molecule has 1 unspecified atom stereocenters. The molecule has 106 valence electrons. The van der Waals surface area contributed by atoms with Crippen molar-refractivity contribution >= 4 is 27.5 Å². The highest BCUT2D eigenvalue weighted by atomic mass is 79.9. The van der Waals surface area contributed by atoms with E-state index in [9.17, 15) is 4.39 Å². The van der Waals surface area contributed by atoms with Gasteiger partial charge in [0.1, 0.15) is 5.82 Å². The largest absolute Gasteiger partial charge is 0.321 e. The second kappa shape index (κ2) is 5.34. The van der Waals surface area contributed by atoms with Crippen LogP contribution in [-0.4, -0.2) is 0 Å². The van der Waals surface area contributed by atoms with E-state index in [4.69, 9.17) is 17.3 Å². The molecule has 0 amide bonds. The fourth-order valence-electron chi connectivity index (χ4n) is 2.87. The summed E-state index contributed by atoms with van der Waals surface area (Å²) in [6.07, 6.45) is 4.78. The summed E-state index contributed by atoms with van der Waals surface area (Å²) >= 11 is 9.23. The Hall–Kier alpha value is -0.120. The van der Waals surface area contributed by atoms with Gasteiger partial charge in [0.15, 0.2) is 0 Å². The van der Waals surface area contributed by atoms with E-state index in [1.165, 1.54) is 0 Å². The standard InChI is InChI=1S/C15H20BrClFN/c1-14(2)6-3-7-15(19,9-8-14)10-4-5-11(16)12(17)13(10)18/h4-5H,3,6-9,19H2,1-2H3. The molecule has 1 aromatic carbocycles. The maximum Gasteiger partial charge on any atom is 0.147 e. The van der Waals surface area contributed by atoms with Gasteiger partial charge in [-0.25, -0.2) is 4.39 Å². The molecule has 1 saturated carbocycles. The number of rotatable bonds is 1. The van der Waals surface area contributed by atoms with Crippen molar-refractivity contribution in [2.75, 3.05) is 0 Å². The summed E-state index contributed by atoms with van der Waals surface area (Å²) < 4.78 is 15.0. The van der Waals surface area contributed by atoms with E-state index in [0.29, 0.717) is 10.0 Å². The van der Waals surface area contributed by atoms with Crippen LogP contribution in [-0.2, 0) is 5.54 Å². The topological polar surface area (TPSA) is 26.0 Å². The molecule has 0 aliphatic heterocycles. The molecule has 2 rings (SSSR count). The zero-order valence-corrected chi connectivity index (χ0v) is 13.7. The summed E-state index contributed by atoms with van der Waals surface area (Å²) in [4.78, 5) is 0. The van der Waals surface area contributed by atoms with Crippen molar-refractivity contribution in [3.8, 4) is 0 Å². The highest BCUT2D eigenvalue weighted by molar-refractivity contribution is 9.10. The molecular formula is C15H20BrClFN. The third-order valence-electron chi connectivity index (χ3n) is 4.30. The number of hydrogen-bond acceptors (Lipinski definition) is 1. The summed E-state index contributed by atoms with van der Waals surface area (Å²) in [5.74, 6) is -0.377. The molecule has 1 aliphatic carbocycles. The fourth-order valence-corrected chi connectivity index (χ4v) is 3.34. The van der Waals surface area contributed by atoms with Crippen LogP contribution in [0.2, 0.25) is 5.02 Å². The van der Waals surface area contributed by atoms with Crippen LogP contribution in [0.1, 0.15) is 51.5 Å². The van der Waals surface area contributed by atoms with Crippen molar-refractivity contribution in [2.45, 2.75) is 51.5 Å². The van der Waals surface area contributed by atoms with Gasteiger partial charge in [0.2, 0.25) is 0 Å². The molecule has 1 nitrogen and oxygen atoms in total. The van der Waals surface area contributed by atoms with Gasteiger partial charge in [-0.1, -0.05) is 37.9 Å². The molecule has 1 aromatic rings. The molecule has 0 aromatic heterocycles. The predicted octanol–water partition coefficient (Wildman–Crippen LogP) is 5.39. The quantitative estimate of drug-likeness (QED) is 0.534. The minimum Gasteiger partial charge on any atom is -0.321 e. The minimum atomic E-state index is -0.595. The Balaban J connectivity index is 2.37. The van der Waals surface area contributed by atoms with E-state index in [1.807, 2.05) is 0 Å². The lowest BCUT2D eigenvalue weighted by Crippen LogP contribution is -2.37. The van der Waals surface area contributed by atoms with Crippen LogP contribution in [0.25, 0.3) is 0 Å². The summed E-state index contributed by atoms with van der Waals surface area (Å²) in [6.45, 7) is 4.51. The monoisotopic (exact) mass is 347 g/mol. The lowest BCUT2D eigenvalue weighted by molar-refractivity contribution is 0.296. The van der Waals surface area contributed by atoms with Crippen molar-refractivity contribution in [3.63, 3.8) is 0 Å². The van der Waals surface area contributed by atoms with Crippen LogP contribution in [0.15, 0.2) is 16.6 Å². The SMILES string of the molecule is CC1(C)CCCC(N)(c2ccc(Br)c(Cl)c2F)CC1. The molecule has 0 spiro atoms. The van der Waals surface area contributed by atoms with Gasteiger partial charge in [0.05, 0.1) is 5.02 Å². The summed E-state index contributed by atoms with van der Waals surface area (Å²) in [7, 11) is 0. The van der Waals surface area contributed by atoms with Crippen LogP contribution in [0.5, 0.6) is 0 Å². The van der Waals surface area contributed by atoms with Gasteiger partial charge in [0, 0.05) is 15.6 Å². The Morgan fingerprint density at radius 1 is 1.21 bits per heavy atom. The molecule has 0 heterocycles. The highest BCUT2D eigenvalue weighted by Gasteiger charge is 2.36. The molecule has 0 saturated heterocycles.